The number of benzene rings is 1. The SMILES string of the molecule is CCCNC(=O)[C@@H]1[C@@H](CO)[C@@H]2Cn3c(ccc(-c4ccc(F)cc4)c3=O)[C@H]1N2CCC. The molecule has 7 heteroatoms. The monoisotopic (exact) mass is 427 g/mol. The van der Waals surface area contributed by atoms with Crippen LogP contribution in [0.2, 0.25) is 0 Å². The highest BCUT2D eigenvalue weighted by molar-refractivity contribution is 5.80. The molecule has 0 saturated carbocycles. The van der Waals surface area contributed by atoms with Gasteiger partial charge in [-0.15, -0.1) is 0 Å². The van der Waals surface area contributed by atoms with Gasteiger partial charge in [-0.05, 0) is 49.2 Å². The first-order valence-corrected chi connectivity index (χ1v) is 11.2. The number of carbonyl (C=O) groups excluding carboxylic acids is 1. The van der Waals surface area contributed by atoms with Crippen molar-refractivity contribution in [3.05, 3.63) is 58.3 Å². The third kappa shape index (κ3) is 3.70. The van der Waals surface area contributed by atoms with Crippen LogP contribution in [0.4, 0.5) is 4.39 Å². The number of amides is 1. The number of carbonyl (C=O) groups is 1. The highest BCUT2D eigenvalue weighted by atomic mass is 19.1. The normalized spacial score (nSPS) is 24.8. The van der Waals surface area contributed by atoms with E-state index in [1.165, 1.54) is 12.1 Å². The quantitative estimate of drug-likeness (QED) is 0.712. The Bertz CT molecular complexity index is 1000. The molecule has 1 aromatic carbocycles. The maximum atomic E-state index is 13.4. The van der Waals surface area contributed by atoms with Gasteiger partial charge in [0.2, 0.25) is 5.91 Å². The number of aliphatic hydroxyl groups excluding tert-OH is 1. The van der Waals surface area contributed by atoms with Gasteiger partial charge in [-0.2, -0.15) is 0 Å². The lowest BCUT2D eigenvalue weighted by Crippen LogP contribution is -2.47. The topological polar surface area (TPSA) is 74.6 Å². The summed E-state index contributed by atoms with van der Waals surface area (Å²) in [7, 11) is 0. The van der Waals surface area contributed by atoms with Gasteiger partial charge in [0.15, 0.2) is 0 Å². The minimum atomic E-state index is -0.405. The van der Waals surface area contributed by atoms with Gasteiger partial charge in [0.1, 0.15) is 5.82 Å². The third-order valence-electron chi connectivity index (χ3n) is 6.66. The van der Waals surface area contributed by atoms with E-state index in [1.54, 1.807) is 22.8 Å². The molecule has 6 nitrogen and oxygen atoms in total. The molecule has 0 unspecified atom stereocenters. The van der Waals surface area contributed by atoms with Crippen LogP contribution in [0.1, 0.15) is 38.4 Å². The van der Waals surface area contributed by atoms with Gasteiger partial charge in [0.05, 0.1) is 12.0 Å². The van der Waals surface area contributed by atoms with E-state index in [-0.39, 0.29) is 41.9 Å². The lowest BCUT2D eigenvalue weighted by Gasteiger charge is -2.38. The molecule has 0 radical (unpaired) electrons. The molecule has 4 rings (SSSR count). The first kappa shape index (κ1) is 21.7. The Balaban J connectivity index is 1.80. The van der Waals surface area contributed by atoms with Crippen LogP contribution in [0.5, 0.6) is 0 Å². The maximum absolute atomic E-state index is 13.4. The smallest absolute Gasteiger partial charge is 0.258 e. The van der Waals surface area contributed by atoms with E-state index in [0.717, 1.165) is 25.1 Å². The Hall–Kier alpha value is -2.51. The van der Waals surface area contributed by atoms with E-state index in [4.69, 9.17) is 0 Å². The summed E-state index contributed by atoms with van der Waals surface area (Å²) in [5, 5.41) is 13.2. The molecule has 0 aliphatic carbocycles. The van der Waals surface area contributed by atoms with Gasteiger partial charge in [-0.1, -0.05) is 26.0 Å². The van der Waals surface area contributed by atoms with Crippen LogP contribution in [0.15, 0.2) is 41.2 Å². The summed E-state index contributed by atoms with van der Waals surface area (Å²) in [4.78, 5) is 28.8. The standard InChI is InChI=1S/C24H30FN3O3/c1-3-11-26-23(30)21-18(14-29)20-13-28-19(22(21)27(20)12-4-2)10-9-17(24(28)31)15-5-7-16(25)8-6-15/h5-10,18,20-22,29H,3-4,11-14H2,1-2H3,(H,26,30)/t18-,20-,21+,22+/m0/s1. The number of fused-ring (bicyclic) bond motifs is 4. The second-order valence-electron chi connectivity index (χ2n) is 8.51. The molecule has 1 aromatic heterocycles. The number of hydrogen-bond acceptors (Lipinski definition) is 4. The fourth-order valence-corrected chi connectivity index (χ4v) is 5.30. The van der Waals surface area contributed by atoms with Crippen LogP contribution in [0.25, 0.3) is 11.1 Å². The van der Waals surface area contributed by atoms with Gasteiger partial charge in [0.25, 0.3) is 5.56 Å². The highest BCUT2D eigenvalue weighted by Crippen LogP contribution is 2.48. The number of halogens is 1. The second-order valence-corrected chi connectivity index (χ2v) is 8.51. The first-order valence-electron chi connectivity index (χ1n) is 11.2. The van der Waals surface area contributed by atoms with Crippen molar-refractivity contribution in [1.29, 1.82) is 0 Å². The third-order valence-corrected chi connectivity index (χ3v) is 6.66. The average Bonchev–Trinajstić information content (AvgIpc) is 2.98. The maximum Gasteiger partial charge on any atom is 0.258 e. The molecule has 0 spiro atoms. The number of aliphatic hydroxyl groups is 1. The number of hydrogen-bond donors (Lipinski definition) is 2. The Kier molecular flexibility index (Phi) is 6.25. The molecule has 2 aliphatic heterocycles. The number of rotatable bonds is 7. The Morgan fingerprint density at radius 3 is 2.55 bits per heavy atom. The predicted molar refractivity (Wildman–Crippen MR) is 117 cm³/mol. The zero-order valence-corrected chi connectivity index (χ0v) is 18.1. The molecule has 31 heavy (non-hydrogen) atoms. The zero-order valence-electron chi connectivity index (χ0n) is 18.1. The summed E-state index contributed by atoms with van der Waals surface area (Å²) in [6.07, 6.45) is 1.76. The lowest BCUT2D eigenvalue weighted by molar-refractivity contribution is -0.127. The fraction of sp³-hybridized carbons (Fsp3) is 0.500. The summed E-state index contributed by atoms with van der Waals surface area (Å²) in [6.45, 7) is 5.83. The van der Waals surface area contributed by atoms with Crippen LogP contribution in [-0.4, -0.2) is 46.2 Å². The largest absolute Gasteiger partial charge is 0.396 e. The van der Waals surface area contributed by atoms with Gasteiger partial charge in [-0.3, -0.25) is 14.5 Å². The molecule has 1 fully saturated rings. The van der Waals surface area contributed by atoms with E-state index in [9.17, 15) is 19.1 Å². The zero-order chi connectivity index (χ0) is 22.1. The van der Waals surface area contributed by atoms with Gasteiger partial charge in [0, 0.05) is 42.9 Å². The summed E-state index contributed by atoms with van der Waals surface area (Å²) >= 11 is 0. The Morgan fingerprint density at radius 2 is 1.90 bits per heavy atom. The molecule has 1 saturated heterocycles. The molecule has 2 bridgehead atoms. The van der Waals surface area contributed by atoms with Gasteiger partial charge < -0.3 is 15.0 Å². The summed E-state index contributed by atoms with van der Waals surface area (Å²) in [5.74, 6) is -1.04. The highest BCUT2D eigenvalue weighted by Gasteiger charge is 2.55. The minimum Gasteiger partial charge on any atom is -0.396 e. The van der Waals surface area contributed by atoms with E-state index >= 15 is 0 Å². The average molecular weight is 428 g/mol. The molecule has 2 aliphatic rings. The Morgan fingerprint density at radius 1 is 1.16 bits per heavy atom. The number of aromatic nitrogens is 1. The van der Waals surface area contributed by atoms with E-state index in [2.05, 4.69) is 17.1 Å². The second kappa shape index (κ2) is 8.93. The molecule has 3 heterocycles. The fourth-order valence-electron chi connectivity index (χ4n) is 5.30. The van der Waals surface area contributed by atoms with Crippen LogP contribution < -0.4 is 10.9 Å². The Labute approximate surface area is 181 Å². The van der Waals surface area contributed by atoms with E-state index in [1.807, 2.05) is 13.0 Å². The van der Waals surface area contributed by atoms with Crippen LogP contribution >= 0.6 is 0 Å². The molecular weight excluding hydrogens is 397 g/mol. The van der Waals surface area contributed by atoms with Crippen molar-refractivity contribution in [1.82, 2.24) is 14.8 Å². The van der Waals surface area contributed by atoms with Crippen LogP contribution in [-0.2, 0) is 11.3 Å². The van der Waals surface area contributed by atoms with Crippen molar-refractivity contribution >= 4 is 5.91 Å². The van der Waals surface area contributed by atoms with Crippen molar-refractivity contribution in [2.45, 2.75) is 45.3 Å². The summed E-state index contributed by atoms with van der Waals surface area (Å²) < 4.78 is 15.1. The van der Waals surface area contributed by atoms with Crippen LogP contribution in [0, 0.1) is 17.7 Å². The van der Waals surface area contributed by atoms with Crippen molar-refractivity contribution < 1.29 is 14.3 Å². The molecular formula is C24H30FN3O3. The number of nitrogens with one attached hydrogen (secondary N) is 1. The summed E-state index contributed by atoms with van der Waals surface area (Å²) in [6, 6.07) is 9.28. The first-order chi connectivity index (χ1) is 15.0. The van der Waals surface area contributed by atoms with E-state index < -0.39 is 5.92 Å². The van der Waals surface area contributed by atoms with Gasteiger partial charge in [-0.25, -0.2) is 4.39 Å². The number of pyridine rings is 1. The summed E-state index contributed by atoms with van der Waals surface area (Å²) in [5.41, 5.74) is 1.86. The minimum absolute atomic E-state index is 0.0574. The van der Waals surface area contributed by atoms with Gasteiger partial charge >= 0.3 is 0 Å². The lowest BCUT2D eigenvalue weighted by atomic mass is 9.86. The molecule has 4 atom stereocenters. The van der Waals surface area contributed by atoms with Crippen molar-refractivity contribution in [2.75, 3.05) is 19.7 Å². The molecule has 2 aromatic rings. The van der Waals surface area contributed by atoms with E-state index in [0.29, 0.717) is 24.2 Å². The van der Waals surface area contributed by atoms with Crippen LogP contribution in [0.3, 0.4) is 0 Å². The predicted octanol–water partition coefficient (Wildman–Crippen LogP) is 2.55. The van der Waals surface area contributed by atoms with Crippen molar-refractivity contribution in [3.63, 3.8) is 0 Å². The molecule has 2 N–H and O–H groups in total. The number of nitrogens with zero attached hydrogens (tertiary/aromatic N) is 2. The molecule has 1 amide bonds. The van der Waals surface area contributed by atoms with Crippen molar-refractivity contribution in [3.8, 4) is 11.1 Å². The molecule has 166 valence electrons. The van der Waals surface area contributed by atoms with Crippen molar-refractivity contribution in [2.24, 2.45) is 11.8 Å².